The number of nitrogens with zero attached hydrogens (tertiary/aromatic N) is 1. The van der Waals surface area contributed by atoms with Crippen LogP contribution in [-0.4, -0.2) is 23.1 Å². The quantitative estimate of drug-likeness (QED) is 0.614. The number of ether oxygens (including phenoxy) is 1. The number of carbonyl (C=O) groups excluding carboxylic acids is 1. The smallest absolute Gasteiger partial charge is 0.410 e. The minimum atomic E-state index is -0.563. The van der Waals surface area contributed by atoms with Crippen LogP contribution < -0.4 is 0 Å². The molecule has 3 nitrogen and oxygen atoms in total. The Morgan fingerprint density at radius 3 is 2.55 bits per heavy atom. The van der Waals surface area contributed by atoms with Crippen LogP contribution in [0.25, 0.3) is 0 Å². The van der Waals surface area contributed by atoms with Gasteiger partial charge in [-0.15, -0.1) is 0 Å². The van der Waals surface area contributed by atoms with Gasteiger partial charge in [-0.25, -0.2) is 9.18 Å². The van der Waals surface area contributed by atoms with Crippen molar-refractivity contribution in [1.29, 1.82) is 0 Å². The molecule has 0 aromatic heterocycles. The van der Waals surface area contributed by atoms with Crippen molar-refractivity contribution in [3.05, 3.63) is 34.1 Å². The van der Waals surface area contributed by atoms with Gasteiger partial charge in [0.15, 0.2) is 0 Å². The second-order valence-electron chi connectivity index (χ2n) is 6.31. The zero-order valence-electron chi connectivity index (χ0n) is 13.8. The van der Waals surface area contributed by atoms with Gasteiger partial charge in [0.05, 0.1) is 6.54 Å². The van der Waals surface area contributed by atoms with E-state index >= 15 is 0 Å². The first-order valence-electron chi connectivity index (χ1n) is 7.65. The average Bonchev–Trinajstić information content (AvgIpc) is 2.39. The third-order valence-electron chi connectivity index (χ3n) is 3.09. The summed E-state index contributed by atoms with van der Waals surface area (Å²) in [6.45, 7) is 8.34. The topological polar surface area (TPSA) is 29.5 Å². The molecule has 1 rings (SSSR count). The van der Waals surface area contributed by atoms with E-state index in [2.05, 4.69) is 22.9 Å². The van der Waals surface area contributed by atoms with Gasteiger partial charge >= 0.3 is 6.09 Å². The number of halogens is 2. The minimum absolute atomic E-state index is 0.200. The van der Waals surface area contributed by atoms with Crippen LogP contribution in [0.5, 0.6) is 0 Å². The number of benzene rings is 1. The van der Waals surface area contributed by atoms with Crippen LogP contribution in [0, 0.1) is 5.82 Å². The van der Waals surface area contributed by atoms with Crippen molar-refractivity contribution in [2.75, 3.05) is 6.54 Å². The van der Waals surface area contributed by atoms with E-state index in [1.54, 1.807) is 17.0 Å². The maximum Gasteiger partial charge on any atom is 0.410 e. The molecule has 0 aliphatic carbocycles. The molecule has 0 saturated heterocycles. The van der Waals surface area contributed by atoms with Crippen molar-refractivity contribution < 1.29 is 13.9 Å². The van der Waals surface area contributed by atoms with Crippen molar-refractivity contribution in [3.8, 4) is 0 Å². The molecule has 0 saturated carbocycles. The molecule has 0 unspecified atom stereocenters. The molecule has 22 heavy (non-hydrogen) atoms. The molecule has 124 valence electrons. The maximum atomic E-state index is 14.0. The van der Waals surface area contributed by atoms with Crippen molar-refractivity contribution >= 4 is 22.0 Å². The highest BCUT2D eigenvalue weighted by Crippen LogP contribution is 2.22. The Labute approximate surface area is 141 Å². The highest BCUT2D eigenvalue weighted by molar-refractivity contribution is 9.10. The number of unbranched alkanes of at least 4 members (excludes halogenated alkanes) is 2. The van der Waals surface area contributed by atoms with Gasteiger partial charge < -0.3 is 9.64 Å². The monoisotopic (exact) mass is 373 g/mol. The molecule has 0 N–H and O–H groups in total. The molecule has 5 heteroatoms. The molecule has 0 aliphatic heterocycles. The molecule has 0 radical (unpaired) electrons. The van der Waals surface area contributed by atoms with E-state index in [9.17, 15) is 9.18 Å². The molecule has 0 fully saturated rings. The van der Waals surface area contributed by atoms with Crippen molar-refractivity contribution in [2.45, 2.75) is 59.1 Å². The van der Waals surface area contributed by atoms with E-state index in [0.29, 0.717) is 16.6 Å². The van der Waals surface area contributed by atoms with Gasteiger partial charge in [-0.2, -0.15) is 0 Å². The van der Waals surface area contributed by atoms with Crippen molar-refractivity contribution in [2.24, 2.45) is 0 Å². The SMILES string of the molecule is CCCCCN(Cc1c(F)cccc1Br)C(=O)OC(C)(C)C. The normalized spacial score (nSPS) is 11.4. The largest absolute Gasteiger partial charge is 0.444 e. The lowest BCUT2D eigenvalue weighted by Crippen LogP contribution is -2.37. The number of amides is 1. The van der Waals surface area contributed by atoms with E-state index in [-0.39, 0.29) is 12.4 Å². The number of carbonyl (C=O) groups is 1. The Hall–Kier alpha value is -1.10. The Kier molecular flexibility index (Phi) is 7.33. The Balaban J connectivity index is 2.88. The highest BCUT2D eigenvalue weighted by Gasteiger charge is 2.23. The summed E-state index contributed by atoms with van der Waals surface area (Å²) < 4.78 is 20.1. The molecular formula is C17H25BrFNO2. The van der Waals surface area contributed by atoms with Gasteiger partial charge in [-0.05, 0) is 39.3 Å². The maximum absolute atomic E-state index is 14.0. The lowest BCUT2D eigenvalue weighted by Gasteiger charge is -2.28. The molecule has 0 atom stereocenters. The summed E-state index contributed by atoms with van der Waals surface area (Å²) in [6, 6.07) is 4.81. The predicted octanol–water partition coefficient (Wildman–Crippen LogP) is 5.52. The number of hydrogen-bond acceptors (Lipinski definition) is 2. The molecule has 1 aromatic rings. The van der Waals surface area contributed by atoms with Gasteiger partial charge in [0.2, 0.25) is 0 Å². The van der Waals surface area contributed by atoms with Crippen LogP contribution in [0.4, 0.5) is 9.18 Å². The first-order valence-corrected chi connectivity index (χ1v) is 8.44. The molecule has 0 bridgehead atoms. The lowest BCUT2D eigenvalue weighted by molar-refractivity contribution is 0.0228. The van der Waals surface area contributed by atoms with E-state index in [4.69, 9.17) is 4.74 Å². The van der Waals surface area contributed by atoms with Crippen LogP contribution in [0.2, 0.25) is 0 Å². The van der Waals surface area contributed by atoms with Crippen LogP contribution in [0.1, 0.15) is 52.5 Å². The Morgan fingerprint density at radius 2 is 2.00 bits per heavy atom. The fourth-order valence-corrected chi connectivity index (χ4v) is 2.46. The summed E-state index contributed by atoms with van der Waals surface area (Å²) >= 11 is 3.35. The summed E-state index contributed by atoms with van der Waals surface area (Å²) in [5, 5.41) is 0. The van der Waals surface area contributed by atoms with E-state index < -0.39 is 11.7 Å². The van der Waals surface area contributed by atoms with Crippen LogP contribution in [0.15, 0.2) is 22.7 Å². The molecule has 1 amide bonds. The third-order valence-corrected chi connectivity index (χ3v) is 3.84. The van der Waals surface area contributed by atoms with Crippen molar-refractivity contribution in [3.63, 3.8) is 0 Å². The summed E-state index contributed by atoms with van der Waals surface area (Å²) in [5.74, 6) is -0.321. The average molecular weight is 374 g/mol. The van der Waals surface area contributed by atoms with Crippen LogP contribution >= 0.6 is 15.9 Å². The van der Waals surface area contributed by atoms with E-state index in [1.165, 1.54) is 6.07 Å². The molecular weight excluding hydrogens is 349 g/mol. The third kappa shape index (κ3) is 6.34. The molecule has 0 heterocycles. The first kappa shape index (κ1) is 18.9. The predicted molar refractivity (Wildman–Crippen MR) is 90.3 cm³/mol. The second-order valence-corrected chi connectivity index (χ2v) is 7.16. The fraction of sp³-hybridized carbons (Fsp3) is 0.588. The summed E-state index contributed by atoms with van der Waals surface area (Å²) in [6.07, 6.45) is 2.56. The second kappa shape index (κ2) is 8.51. The standard InChI is InChI=1S/C17H25BrFNO2/c1-5-6-7-11-20(16(21)22-17(2,3)4)12-13-14(18)9-8-10-15(13)19/h8-10H,5-7,11-12H2,1-4H3. The lowest BCUT2D eigenvalue weighted by atomic mass is 10.2. The molecule has 1 aromatic carbocycles. The van der Waals surface area contributed by atoms with Crippen LogP contribution in [-0.2, 0) is 11.3 Å². The zero-order chi connectivity index (χ0) is 16.8. The first-order chi connectivity index (χ1) is 10.2. The van der Waals surface area contributed by atoms with Gasteiger partial charge in [0, 0.05) is 16.6 Å². The summed E-state index contributed by atoms with van der Waals surface area (Å²) in [7, 11) is 0. The minimum Gasteiger partial charge on any atom is -0.444 e. The zero-order valence-corrected chi connectivity index (χ0v) is 15.4. The van der Waals surface area contributed by atoms with Gasteiger partial charge in [-0.1, -0.05) is 41.8 Å². The van der Waals surface area contributed by atoms with Crippen LogP contribution in [0.3, 0.4) is 0 Å². The number of hydrogen-bond donors (Lipinski definition) is 0. The van der Waals surface area contributed by atoms with E-state index in [1.807, 2.05) is 20.8 Å². The Bertz CT molecular complexity index is 480. The number of rotatable bonds is 6. The molecule has 0 aliphatic rings. The summed E-state index contributed by atoms with van der Waals surface area (Å²) in [5.41, 5.74) is -0.0862. The Morgan fingerprint density at radius 1 is 1.32 bits per heavy atom. The van der Waals surface area contributed by atoms with Gasteiger partial charge in [-0.3, -0.25) is 0 Å². The fourth-order valence-electron chi connectivity index (χ4n) is 1.99. The summed E-state index contributed by atoms with van der Waals surface area (Å²) in [4.78, 5) is 13.9. The highest BCUT2D eigenvalue weighted by atomic mass is 79.9. The molecule has 0 spiro atoms. The van der Waals surface area contributed by atoms with Gasteiger partial charge in [0.25, 0.3) is 0 Å². The van der Waals surface area contributed by atoms with E-state index in [0.717, 1.165) is 19.3 Å². The van der Waals surface area contributed by atoms with Crippen molar-refractivity contribution in [1.82, 2.24) is 4.90 Å². The van der Waals surface area contributed by atoms with Gasteiger partial charge in [0.1, 0.15) is 11.4 Å².